The zero-order valence-electron chi connectivity index (χ0n) is 15.1. The van der Waals surface area contributed by atoms with Crippen LogP contribution in [0.2, 0.25) is 0 Å². The van der Waals surface area contributed by atoms with Crippen molar-refractivity contribution in [3.63, 3.8) is 0 Å². The molecule has 2 aromatic carbocycles. The summed E-state index contributed by atoms with van der Waals surface area (Å²) >= 11 is 0. The monoisotopic (exact) mass is 338 g/mol. The van der Waals surface area contributed by atoms with Crippen molar-refractivity contribution in [3.05, 3.63) is 65.2 Å². The van der Waals surface area contributed by atoms with Crippen LogP contribution in [0.3, 0.4) is 0 Å². The molecule has 2 N–H and O–H groups in total. The second-order valence-corrected chi connectivity index (χ2v) is 6.39. The third kappa shape index (κ3) is 5.18. The Balaban J connectivity index is 2.13. The van der Waals surface area contributed by atoms with Gasteiger partial charge in [0.1, 0.15) is 0 Å². The summed E-state index contributed by atoms with van der Waals surface area (Å²) < 4.78 is 0. The van der Waals surface area contributed by atoms with Crippen molar-refractivity contribution in [1.82, 2.24) is 5.32 Å². The molecule has 0 radical (unpaired) electrons. The average molecular weight is 338 g/mol. The molecule has 0 aliphatic heterocycles. The highest BCUT2D eigenvalue weighted by Crippen LogP contribution is 2.24. The van der Waals surface area contributed by atoms with Gasteiger partial charge in [0.25, 0.3) is 11.8 Å². The zero-order valence-corrected chi connectivity index (χ0v) is 15.1. The van der Waals surface area contributed by atoms with E-state index in [1.54, 1.807) is 24.3 Å². The van der Waals surface area contributed by atoms with Gasteiger partial charge in [0.15, 0.2) is 0 Å². The van der Waals surface area contributed by atoms with Crippen LogP contribution in [0.25, 0.3) is 0 Å². The molecule has 0 unspecified atom stereocenters. The summed E-state index contributed by atoms with van der Waals surface area (Å²) in [5.74, 6) is -0.0471. The van der Waals surface area contributed by atoms with Gasteiger partial charge in [-0.25, -0.2) is 0 Å². The van der Waals surface area contributed by atoms with Crippen molar-refractivity contribution in [2.45, 2.75) is 39.5 Å². The first-order valence-electron chi connectivity index (χ1n) is 8.81. The standard InChI is InChI=1S/C21H26N2O2/c1-4-5-13-22-20(24)16-9-8-10-17(14-16)21(25)23-19-12-7-6-11-18(19)15(2)3/h6-12,14-15H,4-5,13H2,1-3H3,(H,22,24)(H,23,25). The number of carbonyl (C=O) groups excluding carboxylic acids is 2. The van der Waals surface area contributed by atoms with Crippen LogP contribution in [0.15, 0.2) is 48.5 Å². The summed E-state index contributed by atoms with van der Waals surface area (Å²) in [7, 11) is 0. The van der Waals surface area contributed by atoms with E-state index in [1.807, 2.05) is 24.3 Å². The number of amides is 2. The summed E-state index contributed by atoms with van der Waals surface area (Å²) in [5.41, 5.74) is 2.87. The lowest BCUT2D eigenvalue weighted by Gasteiger charge is -2.14. The first-order chi connectivity index (χ1) is 12.0. The molecule has 0 saturated heterocycles. The van der Waals surface area contributed by atoms with E-state index in [2.05, 4.69) is 31.4 Å². The maximum Gasteiger partial charge on any atom is 0.255 e. The fraction of sp³-hybridized carbons (Fsp3) is 0.333. The molecule has 0 aromatic heterocycles. The number of rotatable bonds is 7. The highest BCUT2D eigenvalue weighted by molar-refractivity contribution is 6.06. The molecule has 0 saturated carbocycles. The molecule has 25 heavy (non-hydrogen) atoms. The second-order valence-electron chi connectivity index (χ2n) is 6.39. The molecule has 2 aromatic rings. The van der Waals surface area contributed by atoms with Crippen molar-refractivity contribution >= 4 is 17.5 Å². The van der Waals surface area contributed by atoms with Crippen molar-refractivity contribution in [2.75, 3.05) is 11.9 Å². The fourth-order valence-electron chi connectivity index (χ4n) is 2.59. The van der Waals surface area contributed by atoms with Gasteiger partial charge in [0.2, 0.25) is 0 Å². The number of para-hydroxylation sites is 1. The van der Waals surface area contributed by atoms with Gasteiger partial charge in [0, 0.05) is 23.4 Å². The molecule has 0 atom stereocenters. The number of carbonyl (C=O) groups is 2. The predicted molar refractivity (Wildman–Crippen MR) is 102 cm³/mol. The van der Waals surface area contributed by atoms with E-state index in [1.165, 1.54) is 0 Å². The van der Waals surface area contributed by atoms with E-state index in [0.717, 1.165) is 24.1 Å². The Morgan fingerprint density at radius 3 is 2.32 bits per heavy atom. The SMILES string of the molecule is CCCCNC(=O)c1cccc(C(=O)Nc2ccccc2C(C)C)c1. The Labute approximate surface area is 149 Å². The predicted octanol–water partition coefficient (Wildman–Crippen LogP) is 4.59. The lowest BCUT2D eigenvalue weighted by atomic mass is 10.0. The number of nitrogens with one attached hydrogen (secondary N) is 2. The number of anilines is 1. The van der Waals surface area contributed by atoms with E-state index in [4.69, 9.17) is 0 Å². The minimum absolute atomic E-state index is 0.148. The molecular formula is C21H26N2O2. The lowest BCUT2D eigenvalue weighted by molar-refractivity contribution is 0.0953. The maximum absolute atomic E-state index is 12.6. The van der Waals surface area contributed by atoms with E-state index < -0.39 is 0 Å². The number of hydrogen-bond acceptors (Lipinski definition) is 2. The third-order valence-corrected chi connectivity index (χ3v) is 4.03. The van der Waals surface area contributed by atoms with Gasteiger partial charge in [-0.05, 0) is 42.2 Å². The molecule has 0 aliphatic carbocycles. The first-order valence-corrected chi connectivity index (χ1v) is 8.81. The van der Waals surface area contributed by atoms with Crippen LogP contribution in [-0.4, -0.2) is 18.4 Å². The number of hydrogen-bond donors (Lipinski definition) is 2. The number of unbranched alkanes of at least 4 members (excludes halogenated alkanes) is 1. The molecular weight excluding hydrogens is 312 g/mol. The Kier molecular flexibility index (Phi) is 6.75. The highest BCUT2D eigenvalue weighted by Gasteiger charge is 2.13. The van der Waals surface area contributed by atoms with Crippen LogP contribution >= 0.6 is 0 Å². The van der Waals surface area contributed by atoms with Gasteiger partial charge in [-0.3, -0.25) is 9.59 Å². The summed E-state index contributed by atoms with van der Waals surface area (Å²) in [4.78, 5) is 24.7. The second kappa shape index (κ2) is 9.02. The molecule has 2 amide bonds. The molecule has 0 spiro atoms. The third-order valence-electron chi connectivity index (χ3n) is 4.03. The van der Waals surface area contributed by atoms with Crippen molar-refractivity contribution < 1.29 is 9.59 Å². The van der Waals surface area contributed by atoms with Gasteiger partial charge in [-0.2, -0.15) is 0 Å². The lowest BCUT2D eigenvalue weighted by Crippen LogP contribution is -2.24. The smallest absolute Gasteiger partial charge is 0.255 e. The molecule has 2 rings (SSSR count). The van der Waals surface area contributed by atoms with Gasteiger partial charge in [-0.1, -0.05) is 51.5 Å². The summed E-state index contributed by atoms with van der Waals surface area (Å²) in [6, 6.07) is 14.6. The molecule has 0 heterocycles. The van der Waals surface area contributed by atoms with E-state index >= 15 is 0 Å². The van der Waals surface area contributed by atoms with Crippen LogP contribution < -0.4 is 10.6 Å². The van der Waals surface area contributed by atoms with Gasteiger partial charge in [-0.15, -0.1) is 0 Å². The summed E-state index contributed by atoms with van der Waals surface area (Å²) in [6.45, 7) is 6.90. The Morgan fingerprint density at radius 2 is 1.64 bits per heavy atom. The fourth-order valence-corrected chi connectivity index (χ4v) is 2.59. The molecule has 0 bridgehead atoms. The van der Waals surface area contributed by atoms with Crippen molar-refractivity contribution in [1.29, 1.82) is 0 Å². The van der Waals surface area contributed by atoms with Crippen LogP contribution in [0, 0.1) is 0 Å². The van der Waals surface area contributed by atoms with E-state index in [9.17, 15) is 9.59 Å². The molecule has 4 heteroatoms. The topological polar surface area (TPSA) is 58.2 Å². The van der Waals surface area contributed by atoms with Crippen LogP contribution in [0.1, 0.15) is 65.8 Å². The quantitative estimate of drug-likeness (QED) is 0.725. The molecule has 0 aliphatic rings. The molecule has 132 valence electrons. The van der Waals surface area contributed by atoms with Crippen LogP contribution in [0.4, 0.5) is 5.69 Å². The first kappa shape index (κ1) is 18.7. The Bertz CT molecular complexity index is 738. The Hall–Kier alpha value is -2.62. The minimum Gasteiger partial charge on any atom is -0.352 e. The van der Waals surface area contributed by atoms with Crippen molar-refractivity contribution in [2.24, 2.45) is 0 Å². The molecule has 4 nitrogen and oxygen atoms in total. The summed E-state index contributed by atoms with van der Waals surface area (Å²) in [6.07, 6.45) is 1.97. The maximum atomic E-state index is 12.6. The van der Waals surface area contributed by atoms with Crippen LogP contribution in [-0.2, 0) is 0 Å². The highest BCUT2D eigenvalue weighted by atomic mass is 16.2. The van der Waals surface area contributed by atoms with E-state index in [0.29, 0.717) is 23.6 Å². The zero-order chi connectivity index (χ0) is 18.2. The van der Waals surface area contributed by atoms with Gasteiger partial charge < -0.3 is 10.6 Å². The van der Waals surface area contributed by atoms with Gasteiger partial charge >= 0.3 is 0 Å². The Morgan fingerprint density at radius 1 is 0.960 bits per heavy atom. The van der Waals surface area contributed by atoms with Crippen LogP contribution in [0.5, 0.6) is 0 Å². The van der Waals surface area contributed by atoms with Crippen molar-refractivity contribution in [3.8, 4) is 0 Å². The number of benzene rings is 2. The normalized spacial score (nSPS) is 10.6. The summed E-state index contributed by atoms with van der Waals surface area (Å²) in [5, 5.41) is 5.83. The van der Waals surface area contributed by atoms with E-state index in [-0.39, 0.29) is 11.8 Å². The molecule has 0 fully saturated rings. The average Bonchev–Trinajstić information content (AvgIpc) is 2.62. The minimum atomic E-state index is -0.212. The largest absolute Gasteiger partial charge is 0.352 e. The van der Waals surface area contributed by atoms with Gasteiger partial charge in [0.05, 0.1) is 0 Å².